The SMILES string of the molecule is COc1cccc(-c2cc3ncnn3[nH]2)c1. The summed E-state index contributed by atoms with van der Waals surface area (Å²) in [6, 6.07) is 9.78. The van der Waals surface area contributed by atoms with Gasteiger partial charge in [0.25, 0.3) is 0 Å². The lowest BCUT2D eigenvalue weighted by molar-refractivity contribution is 0.415. The lowest BCUT2D eigenvalue weighted by atomic mass is 10.1. The van der Waals surface area contributed by atoms with E-state index in [2.05, 4.69) is 15.2 Å². The predicted octanol–water partition coefficient (Wildman–Crippen LogP) is 1.73. The monoisotopic (exact) mass is 214 g/mol. The number of benzene rings is 1. The molecule has 0 bridgehead atoms. The predicted molar refractivity (Wildman–Crippen MR) is 59.3 cm³/mol. The Labute approximate surface area is 91.7 Å². The van der Waals surface area contributed by atoms with Crippen molar-refractivity contribution >= 4 is 5.65 Å². The zero-order valence-corrected chi connectivity index (χ0v) is 8.71. The van der Waals surface area contributed by atoms with Crippen LogP contribution < -0.4 is 4.74 Å². The normalized spacial score (nSPS) is 10.8. The number of hydrogen-bond acceptors (Lipinski definition) is 3. The van der Waals surface area contributed by atoms with Crippen LogP contribution in [0.25, 0.3) is 16.9 Å². The van der Waals surface area contributed by atoms with Crippen molar-refractivity contribution in [3.8, 4) is 17.0 Å². The van der Waals surface area contributed by atoms with E-state index in [9.17, 15) is 0 Å². The third kappa shape index (κ3) is 1.33. The molecule has 3 rings (SSSR count). The number of fused-ring (bicyclic) bond motifs is 1. The molecule has 3 aromatic rings. The molecule has 0 radical (unpaired) electrons. The molecular formula is C11H10N4O. The van der Waals surface area contributed by atoms with E-state index in [4.69, 9.17) is 4.74 Å². The van der Waals surface area contributed by atoms with Crippen LogP contribution in [-0.2, 0) is 0 Å². The zero-order chi connectivity index (χ0) is 11.0. The molecule has 0 spiro atoms. The molecule has 1 N–H and O–H groups in total. The molecular weight excluding hydrogens is 204 g/mol. The van der Waals surface area contributed by atoms with Gasteiger partial charge < -0.3 is 4.74 Å². The zero-order valence-electron chi connectivity index (χ0n) is 8.71. The van der Waals surface area contributed by atoms with Gasteiger partial charge in [0.2, 0.25) is 0 Å². The highest BCUT2D eigenvalue weighted by Crippen LogP contribution is 2.22. The fourth-order valence-electron chi connectivity index (χ4n) is 1.65. The molecule has 1 aromatic carbocycles. The maximum atomic E-state index is 5.18. The van der Waals surface area contributed by atoms with E-state index in [1.165, 1.54) is 6.33 Å². The summed E-state index contributed by atoms with van der Waals surface area (Å²) >= 11 is 0. The fourth-order valence-corrected chi connectivity index (χ4v) is 1.65. The maximum Gasteiger partial charge on any atom is 0.175 e. The number of nitrogens with zero attached hydrogens (tertiary/aromatic N) is 3. The van der Waals surface area contributed by atoms with E-state index in [-0.39, 0.29) is 0 Å². The second kappa shape index (κ2) is 3.37. The van der Waals surface area contributed by atoms with Crippen LogP contribution in [0.1, 0.15) is 0 Å². The van der Waals surface area contributed by atoms with Crippen molar-refractivity contribution in [1.82, 2.24) is 19.8 Å². The van der Waals surface area contributed by atoms with Gasteiger partial charge in [-0.2, -0.15) is 4.63 Å². The number of hydrogen-bond donors (Lipinski definition) is 1. The first-order valence-electron chi connectivity index (χ1n) is 4.90. The Balaban J connectivity index is 2.11. The molecule has 2 heterocycles. The van der Waals surface area contributed by atoms with Gasteiger partial charge in [0.1, 0.15) is 12.1 Å². The van der Waals surface area contributed by atoms with E-state index in [1.54, 1.807) is 11.7 Å². The average Bonchev–Trinajstić information content (AvgIpc) is 2.89. The molecule has 0 atom stereocenters. The van der Waals surface area contributed by atoms with Crippen LogP contribution in [-0.4, -0.2) is 26.9 Å². The second-order valence-electron chi connectivity index (χ2n) is 3.43. The van der Waals surface area contributed by atoms with Crippen molar-refractivity contribution in [2.45, 2.75) is 0 Å². The smallest absolute Gasteiger partial charge is 0.175 e. The minimum atomic E-state index is 0.804. The van der Waals surface area contributed by atoms with E-state index >= 15 is 0 Å². The topological polar surface area (TPSA) is 55.2 Å². The van der Waals surface area contributed by atoms with Gasteiger partial charge in [0, 0.05) is 11.6 Å². The van der Waals surface area contributed by atoms with Gasteiger partial charge in [-0.15, -0.1) is 5.10 Å². The van der Waals surface area contributed by atoms with Crippen molar-refractivity contribution in [2.24, 2.45) is 0 Å². The number of nitrogens with one attached hydrogen (secondary N) is 1. The highest BCUT2D eigenvalue weighted by Gasteiger charge is 2.05. The Kier molecular flexibility index (Phi) is 1.89. The standard InChI is InChI=1S/C11H10N4O/c1-16-9-4-2-3-8(5-9)10-6-11-12-7-13-15(11)14-10/h2-7,14H,1H3. The Morgan fingerprint density at radius 1 is 1.31 bits per heavy atom. The molecule has 0 aliphatic heterocycles. The van der Waals surface area contributed by atoms with Gasteiger partial charge in [0.15, 0.2) is 5.65 Å². The second-order valence-corrected chi connectivity index (χ2v) is 3.43. The number of methoxy groups -OCH3 is 1. The molecule has 0 fully saturated rings. The summed E-state index contributed by atoms with van der Waals surface area (Å²) in [4.78, 5) is 4.10. The van der Waals surface area contributed by atoms with Crippen molar-refractivity contribution < 1.29 is 4.74 Å². The Hall–Kier alpha value is -2.30. The number of rotatable bonds is 2. The number of H-pyrrole nitrogens is 1. The highest BCUT2D eigenvalue weighted by atomic mass is 16.5. The van der Waals surface area contributed by atoms with Gasteiger partial charge in [-0.05, 0) is 12.1 Å². The van der Waals surface area contributed by atoms with Gasteiger partial charge in [-0.1, -0.05) is 12.1 Å². The van der Waals surface area contributed by atoms with Crippen LogP contribution in [0.5, 0.6) is 5.75 Å². The molecule has 5 nitrogen and oxygen atoms in total. The lowest BCUT2D eigenvalue weighted by Crippen LogP contribution is -1.87. The van der Waals surface area contributed by atoms with Crippen LogP contribution in [0.3, 0.4) is 0 Å². The average molecular weight is 214 g/mol. The molecule has 0 aliphatic carbocycles. The Morgan fingerprint density at radius 2 is 2.25 bits per heavy atom. The van der Waals surface area contributed by atoms with Crippen LogP contribution in [0, 0.1) is 0 Å². The minimum Gasteiger partial charge on any atom is -0.497 e. The first-order valence-corrected chi connectivity index (χ1v) is 4.90. The Bertz CT molecular complexity index is 597. The summed E-state index contributed by atoms with van der Waals surface area (Å²) in [6.45, 7) is 0. The molecule has 0 unspecified atom stereocenters. The van der Waals surface area contributed by atoms with Crippen molar-refractivity contribution in [1.29, 1.82) is 0 Å². The molecule has 0 saturated heterocycles. The van der Waals surface area contributed by atoms with E-state index in [0.29, 0.717) is 0 Å². The summed E-state index contributed by atoms with van der Waals surface area (Å²) in [5.74, 6) is 0.831. The molecule has 2 aromatic heterocycles. The summed E-state index contributed by atoms with van der Waals surface area (Å²) in [5, 5.41) is 7.16. The van der Waals surface area contributed by atoms with Gasteiger partial charge >= 0.3 is 0 Å². The largest absolute Gasteiger partial charge is 0.497 e. The van der Waals surface area contributed by atoms with Crippen LogP contribution >= 0.6 is 0 Å². The van der Waals surface area contributed by atoms with E-state index < -0.39 is 0 Å². The highest BCUT2D eigenvalue weighted by molar-refractivity contribution is 5.65. The quantitative estimate of drug-likeness (QED) is 0.706. The summed E-state index contributed by atoms with van der Waals surface area (Å²) in [7, 11) is 1.65. The number of aromatic nitrogens is 4. The van der Waals surface area contributed by atoms with Gasteiger partial charge in [0.05, 0.1) is 12.8 Å². The third-order valence-electron chi connectivity index (χ3n) is 2.45. The molecule has 0 aliphatic rings. The minimum absolute atomic E-state index is 0.804. The molecule has 80 valence electrons. The van der Waals surface area contributed by atoms with Crippen molar-refractivity contribution in [2.75, 3.05) is 7.11 Å². The van der Waals surface area contributed by atoms with Crippen molar-refractivity contribution in [3.63, 3.8) is 0 Å². The van der Waals surface area contributed by atoms with Crippen LogP contribution in [0.15, 0.2) is 36.7 Å². The van der Waals surface area contributed by atoms with Gasteiger partial charge in [-0.3, -0.25) is 5.10 Å². The van der Waals surface area contributed by atoms with Gasteiger partial charge in [-0.25, -0.2) is 4.98 Å². The summed E-state index contributed by atoms with van der Waals surface area (Å²) in [6.07, 6.45) is 1.52. The third-order valence-corrected chi connectivity index (χ3v) is 2.45. The fraction of sp³-hybridized carbons (Fsp3) is 0.0909. The van der Waals surface area contributed by atoms with E-state index in [0.717, 1.165) is 22.7 Å². The maximum absolute atomic E-state index is 5.18. The molecule has 5 heteroatoms. The van der Waals surface area contributed by atoms with E-state index in [1.807, 2.05) is 30.3 Å². The number of ether oxygens (including phenoxy) is 1. The first kappa shape index (κ1) is 8.96. The lowest BCUT2D eigenvalue weighted by Gasteiger charge is -2.01. The van der Waals surface area contributed by atoms with Crippen molar-refractivity contribution in [3.05, 3.63) is 36.7 Å². The Morgan fingerprint density at radius 3 is 3.06 bits per heavy atom. The summed E-state index contributed by atoms with van der Waals surface area (Å²) < 4.78 is 6.81. The van der Waals surface area contributed by atoms with Crippen LogP contribution in [0.4, 0.5) is 0 Å². The molecule has 16 heavy (non-hydrogen) atoms. The molecule has 0 saturated carbocycles. The number of aromatic amines is 1. The summed E-state index contributed by atoms with van der Waals surface area (Å²) in [5.41, 5.74) is 2.82. The first-order chi connectivity index (χ1) is 7.86. The molecule has 0 amide bonds. The van der Waals surface area contributed by atoms with Crippen LogP contribution in [0.2, 0.25) is 0 Å².